The molecule has 6 heteroatoms. The normalized spacial score (nSPS) is 20.7. The van der Waals surface area contributed by atoms with Crippen molar-refractivity contribution in [3.8, 4) is 0 Å². The van der Waals surface area contributed by atoms with Crippen LogP contribution < -0.4 is 4.90 Å². The number of carbonyl (C=O) groups is 2. The molecule has 26 heavy (non-hydrogen) atoms. The second-order valence-corrected chi connectivity index (χ2v) is 8.04. The first-order valence-electron chi connectivity index (χ1n) is 8.76. The van der Waals surface area contributed by atoms with Gasteiger partial charge in [-0.15, -0.1) is 0 Å². The standard InChI is InChI=1S/C20H23FN2O2S/c1-6-22-18(24)17(26-19(22)25)9-13-8-14-12(3)11-20(4,5)23(7-2)16(14)10-15(13)21/h8-11H,6-7H2,1-5H3/b17-9+. The lowest BCUT2D eigenvalue weighted by atomic mass is 9.88. The van der Waals surface area contributed by atoms with Crippen molar-refractivity contribution in [3.05, 3.63) is 40.1 Å². The smallest absolute Gasteiger partial charge is 0.293 e. The number of nitrogens with zero attached hydrogens (tertiary/aromatic N) is 2. The van der Waals surface area contributed by atoms with Gasteiger partial charge in [0.2, 0.25) is 0 Å². The van der Waals surface area contributed by atoms with Gasteiger partial charge in [-0.25, -0.2) is 4.39 Å². The minimum absolute atomic E-state index is 0.191. The van der Waals surface area contributed by atoms with Crippen LogP contribution in [0.25, 0.3) is 11.6 Å². The van der Waals surface area contributed by atoms with Gasteiger partial charge in [0.25, 0.3) is 11.1 Å². The summed E-state index contributed by atoms with van der Waals surface area (Å²) in [4.78, 5) is 27.7. The maximum Gasteiger partial charge on any atom is 0.293 e. The van der Waals surface area contributed by atoms with Crippen molar-refractivity contribution in [2.45, 2.75) is 40.2 Å². The van der Waals surface area contributed by atoms with E-state index in [2.05, 4.69) is 24.8 Å². The number of halogens is 1. The molecule has 2 amide bonds. The van der Waals surface area contributed by atoms with Gasteiger partial charge in [-0.2, -0.15) is 0 Å². The Kier molecular flexibility index (Phi) is 4.73. The fourth-order valence-electron chi connectivity index (χ4n) is 3.72. The Morgan fingerprint density at radius 3 is 2.46 bits per heavy atom. The molecule has 0 saturated carbocycles. The van der Waals surface area contributed by atoms with Gasteiger partial charge in [0.1, 0.15) is 5.82 Å². The highest BCUT2D eigenvalue weighted by atomic mass is 32.2. The second kappa shape index (κ2) is 6.58. The number of rotatable bonds is 3. The van der Waals surface area contributed by atoms with E-state index in [1.54, 1.807) is 13.0 Å². The molecule has 1 aromatic carbocycles. The monoisotopic (exact) mass is 374 g/mol. The van der Waals surface area contributed by atoms with E-state index in [1.807, 2.05) is 13.8 Å². The quantitative estimate of drug-likeness (QED) is 0.706. The van der Waals surface area contributed by atoms with E-state index in [1.165, 1.54) is 17.0 Å². The summed E-state index contributed by atoms with van der Waals surface area (Å²) in [6, 6.07) is 3.31. The number of likely N-dealkylation sites (N-methyl/N-ethyl adjacent to an activating group) is 2. The van der Waals surface area contributed by atoms with E-state index >= 15 is 0 Å². The first-order chi connectivity index (χ1) is 12.2. The van der Waals surface area contributed by atoms with Gasteiger partial charge >= 0.3 is 0 Å². The molecule has 138 valence electrons. The molecule has 0 spiro atoms. The number of hydrogen-bond acceptors (Lipinski definition) is 4. The van der Waals surface area contributed by atoms with Gasteiger partial charge in [-0.3, -0.25) is 14.5 Å². The molecule has 0 aromatic heterocycles. The molecule has 2 aliphatic rings. The second-order valence-electron chi connectivity index (χ2n) is 7.04. The zero-order chi connectivity index (χ0) is 19.2. The van der Waals surface area contributed by atoms with E-state index in [4.69, 9.17) is 0 Å². The Morgan fingerprint density at radius 1 is 1.19 bits per heavy atom. The van der Waals surface area contributed by atoms with Crippen LogP contribution in [0.15, 0.2) is 23.1 Å². The number of allylic oxidation sites excluding steroid dienone is 1. The summed E-state index contributed by atoms with van der Waals surface area (Å²) in [7, 11) is 0. The molecule has 3 rings (SSSR count). The third-order valence-corrected chi connectivity index (χ3v) is 5.80. The minimum atomic E-state index is -0.393. The predicted octanol–water partition coefficient (Wildman–Crippen LogP) is 4.90. The van der Waals surface area contributed by atoms with Crippen LogP contribution in [-0.2, 0) is 4.79 Å². The first kappa shape index (κ1) is 18.7. The number of benzene rings is 1. The highest BCUT2D eigenvalue weighted by Crippen LogP contribution is 2.41. The molecule has 0 unspecified atom stereocenters. The van der Waals surface area contributed by atoms with Crippen LogP contribution >= 0.6 is 11.8 Å². The lowest BCUT2D eigenvalue weighted by Crippen LogP contribution is -2.45. The molecule has 0 radical (unpaired) electrons. The molecule has 0 bridgehead atoms. The van der Waals surface area contributed by atoms with Gasteiger partial charge in [-0.05, 0) is 70.2 Å². The van der Waals surface area contributed by atoms with Crippen LogP contribution in [0, 0.1) is 5.82 Å². The summed E-state index contributed by atoms with van der Waals surface area (Å²) >= 11 is 0.860. The van der Waals surface area contributed by atoms with Crippen molar-refractivity contribution in [1.82, 2.24) is 4.90 Å². The van der Waals surface area contributed by atoms with E-state index in [0.717, 1.165) is 35.1 Å². The molecule has 1 fully saturated rings. The number of carbonyl (C=O) groups excluding carboxylic acids is 2. The van der Waals surface area contributed by atoms with Crippen molar-refractivity contribution in [3.63, 3.8) is 0 Å². The van der Waals surface area contributed by atoms with E-state index in [0.29, 0.717) is 12.1 Å². The molecule has 0 atom stereocenters. The molecule has 1 saturated heterocycles. The molecular weight excluding hydrogens is 351 g/mol. The van der Waals surface area contributed by atoms with Crippen LogP contribution in [0.1, 0.15) is 45.7 Å². The highest BCUT2D eigenvalue weighted by Gasteiger charge is 2.35. The summed E-state index contributed by atoms with van der Waals surface area (Å²) < 4.78 is 14.8. The van der Waals surface area contributed by atoms with Crippen LogP contribution in [0.3, 0.4) is 0 Å². The number of amides is 2. The lowest BCUT2D eigenvalue weighted by Gasteiger charge is -2.42. The Balaban J connectivity index is 2.08. The van der Waals surface area contributed by atoms with Gasteiger partial charge < -0.3 is 4.90 Å². The Labute approximate surface area is 157 Å². The molecule has 2 aliphatic heterocycles. The molecule has 4 nitrogen and oxygen atoms in total. The number of fused-ring (bicyclic) bond motifs is 1. The van der Waals surface area contributed by atoms with Crippen LogP contribution in [0.4, 0.5) is 14.9 Å². The Bertz CT molecular complexity index is 858. The Morgan fingerprint density at radius 2 is 1.88 bits per heavy atom. The van der Waals surface area contributed by atoms with Crippen LogP contribution in [0.2, 0.25) is 0 Å². The largest absolute Gasteiger partial charge is 0.363 e. The SMILES string of the molecule is CCN1C(=O)S/C(=C/c2cc3c(cc2F)N(CC)C(C)(C)C=C3C)C1=O. The predicted molar refractivity (Wildman–Crippen MR) is 106 cm³/mol. The average Bonchev–Trinajstić information content (AvgIpc) is 2.81. The topological polar surface area (TPSA) is 40.6 Å². The van der Waals surface area contributed by atoms with Crippen molar-refractivity contribution < 1.29 is 14.0 Å². The number of thioether (sulfide) groups is 1. The van der Waals surface area contributed by atoms with Crippen molar-refractivity contribution in [1.29, 1.82) is 0 Å². The number of hydrogen-bond donors (Lipinski definition) is 0. The minimum Gasteiger partial charge on any atom is -0.363 e. The summed E-state index contributed by atoms with van der Waals surface area (Å²) in [5.74, 6) is -0.751. The summed E-state index contributed by atoms with van der Waals surface area (Å²) in [6.07, 6.45) is 3.66. The third kappa shape index (κ3) is 2.96. The van der Waals surface area contributed by atoms with Crippen LogP contribution in [0.5, 0.6) is 0 Å². The molecule has 1 aromatic rings. The first-order valence-corrected chi connectivity index (χ1v) is 9.57. The summed E-state index contributed by atoms with van der Waals surface area (Å²) in [6.45, 7) is 11.1. The van der Waals surface area contributed by atoms with Crippen molar-refractivity contribution >= 4 is 40.2 Å². The summed E-state index contributed by atoms with van der Waals surface area (Å²) in [5.41, 5.74) is 3.02. The fraction of sp³-hybridized carbons (Fsp3) is 0.400. The molecule has 0 N–H and O–H groups in total. The third-order valence-electron chi connectivity index (χ3n) is 4.89. The average molecular weight is 374 g/mol. The fourth-order valence-corrected chi connectivity index (χ4v) is 4.61. The lowest BCUT2D eigenvalue weighted by molar-refractivity contribution is -0.122. The van der Waals surface area contributed by atoms with E-state index in [-0.39, 0.29) is 21.6 Å². The summed E-state index contributed by atoms with van der Waals surface area (Å²) in [5, 5.41) is -0.308. The van der Waals surface area contributed by atoms with Gasteiger partial charge in [0.05, 0.1) is 10.4 Å². The van der Waals surface area contributed by atoms with E-state index < -0.39 is 5.82 Å². The maximum atomic E-state index is 14.8. The van der Waals surface area contributed by atoms with Gasteiger partial charge in [-0.1, -0.05) is 6.08 Å². The zero-order valence-corrected chi connectivity index (χ0v) is 16.5. The number of anilines is 1. The van der Waals surface area contributed by atoms with Gasteiger partial charge in [0, 0.05) is 29.9 Å². The Hall–Kier alpha value is -2.08. The molecule has 2 heterocycles. The highest BCUT2D eigenvalue weighted by molar-refractivity contribution is 8.18. The maximum absolute atomic E-state index is 14.8. The van der Waals surface area contributed by atoms with Crippen molar-refractivity contribution in [2.75, 3.05) is 18.0 Å². The van der Waals surface area contributed by atoms with E-state index in [9.17, 15) is 14.0 Å². The molecular formula is C20H23FN2O2S. The zero-order valence-electron chi connectivity index (χ0n) is 15.7. The van der Waals surface area contributed by atoms with Crippen LogP contribution in [-0.4, -0.2) is 34.7 Å². The molecule has 0 aliphatic carbocycles. The van der Waals surface area contributed by atoms with Crippen molar-refractivity contribution in [2.24, 2.45) is 0 Å². The number of imide groups is 1. The van der Waals surface area contributed by atoms with Gasteiger partial charge in [0.15, 0.2) is 0 Å².